The average Bonchev–Trinajstić information content (AvgIpc) is 3.32. The van der Waals surface area contributed by atoms with Gasteiger partial charge < -0.3 is 14.7 Å². The molecule has 2 aromatic rings. The van der Waals surface area contributed by atoms with E-state index in [9.17, 15) is 13.2 Å². The van der Waals surface area contributed by atoms with E-state index >= 15 is 0 Å². The number of aryl methyl sites for hydroxylation is 1. The van der Waals surface area contributed by atoms with Crippen molar-refractivity contribution in [2.24, 2.45) is 0 Å². The summed E-state index contributed by atoms with van der Waals surface area (Å²) in [5, 5.41) is 0. The van der Waals surface area contributed by atoms with Crippen LogP contribution >= 0.6 is 0 Å². The maximum absolute atomic E-state index is 13.5. The summed E-state index contributed by atoms with van der Waals surface area (Å²) in [5.74, 6) is 1.96. The third-order valence-electron chi connectivity index (χ3n) is 7.54. The smallest absolute Gasteiger partial charge is 0.243 e. The van der Waals surface area contributed by atoms with Gasteiger partial charge in [-0.2, -0.15) is 4.31 Å². The van der Waals surface area contributed by atoms with Crippen LogP contribution in [0.2, 0.25) is 0 Å². The maximum atomic E-state index is 13.5. The molecular formula is C24H30N6O3S. The largest absolute Gasteiger partial charge is 0.356 e. The summed E-state index contributed by atoms with van der Waals surface area (Å²) in [5.41, 5.74) is 2.92. The van der Waals surface area contributed by atoms with Crippen molar-refractivity contribution in [1.82, 2.24) is 14.3 Å². The van der Waals surface area contributed by atoms with Gasteiger partial charge in [0.2, 0.25) is 15.9 Å². The van der Waals surface area contributed by atoms with Crippen molar-refractivity contribution in [3.63, 3.8) is 0 Å². The quantitative estimate of drug-likeness (QED) is 0.657. The highest BCUT2D eigenvalue weighted by atomic mass is 32.2. The van der Waals surface area contributed by atoms with Crippen LogP contribution in [0, 0.1) is 0 Å². The number of amides is 1. The monoisotopic (exact) mass is 482 g/mol. The lowest BCUT2D eigenvalue weighted by molar-refractivity contribution is -0.118. The lowest BCUT2D eigenvalue weighted by Crippen LogP contribution is -2.49. The van der Waals surface area contributed by atoms with Crippen molar-refractivity contribution < 1.29 is 13.2 Å². The van der Waals surface area contributed by atoms with Crippen LogP contribution < -0.4 is 14.7 Å². The molecule has 0 spiro atoms. The molecule has 0 radical (unpaired) electrons. The summed E-state index contributed by atoms with van der Waals surface area (Å²) in [6.45, 7) is 4.73. The lowest BCUT2D eigenvalue weighted by atomic mass is 10.00. The van der Waals surface area contributed by atoms with E-state index in [2.05, 4.69) is 19.8 Å². The van der Waals surface area contributed by atoms with Gasteiger partial charge >= 0.3 is 0 Å². The Morgan fingerprint density at radius 2 is 1.35 bits per heavy atom. The van der Waals surface area contributed by atoms with Crippen LogP contribution in [0.25, 0.3) is 0 Å². The van der Waals surface area contributed by atoms with Crippen molar-refractivity contribution in [2.75, 3.05) is 60.5 Å². The molecule has 6 rings (SSSR count). The predicted molar refractivity (Wildman–Crippen MR) is 130 cm³/mol. The Labute approximate surface area is 200 Å². The SMILES string of the molecule is O=C1CCc2cc(S(=O)(=O)N3CCN(c4cc(N5CCCCC5)ncn4)CC3)cc3c2N1CC3. The minimum atomic E-state index is -3.59. The van der Waals surface area contributed by atoms with Crippen LogP contribution in [0.4, 0.5) is 17.3 Å². The summed E-state index contributed by atoms with van der Waals surface area (Å²) in [7, 11) is -3.59. The molecule has 2 fully saturated rings. The van der Waals surface area contributed by atoms with Gasteiger partial charge in [-0.05, 0) is 55.4 Å². The number of anilines is 3. The Hall–Kier alpha value is -2.72. The minimum absolute atomic E-state index is 0.145. The van der Waals surface area contributed by atoms with E-state index in [0.717, 1.165) is 48.0 Å². The fourth-order valence-electron chi connectivity index (χ4n) is 5.69. The van der Waals surface area contributed by atoms with Gasteiger partial charge in [0.25, 0.3) is 0 Å². The van der Waals surface area contributed by atoms with E-state index in [0.29, 0.717) is 50.5 Å². The van der Waals surface area contributed by atoms with Gasteiger partial charge in [0.15, 0.2) is 0 Å². The number of carbonyl (C=O) groups is 1. The Morgan fingerprint density at radius 1 is 0.706 bits per heavy atom. The molecule has 0 unspecified atom stereocenters. The number of piperazine rings is 1. The normalized spacial score (nSPS) is 21.2. The van der Waals surface area contributed by atoms with E-state index in [1.165, 1.54) is 19.3 Å². The second kappa shape index (κ2) is 8.49. The molecule has 10 heteroatoms. The topological polar surface area (TPSA) is 90.0 Å². The van der Waals surface area contributed by atoms with E-state index < -0.39 is 10.0 Å². The average molecular weight is 483 g/mol. The van der Waals surface area contributed by atoms with E-state index in [4.69, 9.17) is 0 Å². The molecule has 1 aromatic heterocycles. The molecule has 0 atom stereocenters. The molecule has 1 amide bonds. The molecular weight excluding hydrogens is 452 g/mol. The summed E-state index contributed by atoms with van der Waals surface area (Å²) < 4.78 is 28.6. The van der Waals surface area contributed by atoms with Crippen molar-refractivity contribution in [3.8, 4) is 0 Å². The predicted octanol–water partition coefficient (Wildman–Crippen LogP) is 1.81. The van der Waals surface area contributed by atoms with Crippen molar-refractivity contribution in [2.45, 2.75) is 43.4 Å². The maximum Gasteiger partial charge on any atom is 0.243 e. The van der Waals surface area contributed by atoms with E-state index in [1.54, 1.807) is 22.8 Å². The highest BCUT2D eigenvalue weighted by Gasteiger charge is 2.35. The van der Waals surface area contributed by atoms with Gasteiger partial charge in [-0.3, -0.25) is 4.79 Å². The van der Waals surface area contributed by atoms with Gasteiger partial charge in [-0.25, -0.2) is 18.4 Å². The lowest BCUT2D eigenvalue weighted by Gasteiger charge is -2.35. The molecule has 4 aliphatic heterocycles. The van der Waals surface area contributed by atoms with E-state index in [-0.39, 0.29) is 5.91 Å². The molecule has 0 N–H and O–H groups in total. The molecule has 0 bridgehead atoms. The molecule has 4 aliphatic rings. The number of rotatable bonds is 4. The zero-order valence-corrected chi connectivity index (χ0v) is 20.1. The molecule has 2 saturated heterocycles. The van der Waals surface area contributed by atoms with E-state index in [1.807, 2.05) is 11.0 Å². The second-order valence-electron chi connectivity index (χ2n) is 9.56. The number of aromatic nitrogens is 2. The highest BCUT2D eigenvalue weighted by Crippen LogP contribution is 2.39. The first-order valence-electron chi connectivity index (χ1n) is 12.3. The van der Waals surface area contributed by atoms with Crippen LogP contribution in [0.15, 0.2) is 29.4 Å². The summed E-state index contributed by atoms with van der Waals surface area (Å²) >= 11 is 0. The van der Waals surface area contributed by atoms with Gasteiger partial charge in [-0.15, -0.1) is 0 Å². The third kappa shape index (κ3) is 3.73. The number of nitrogens with zero attached hydrogens (tertiary/aromatic N) is 6. The summed E-state index contributed by atoms with van der Waals surface area (Å²) in [6.07, 6.45) is 7.05. The first-order chi connectivity index (χ1) is 16.5. The number of benzene rings is 1. The van der Waals surface area contributed by atoms with Crippen molar-refractivity contribution in [3.05, 3.63) is 35.7 Å². The molecule has 0 saturated carbocycles. The number of hydrogen-bond acceptors (Lipinski definition) is 7. The number of sulfonamides is 1. The Bertz CT molecular complexity index is 1220. The molecule has 34 heavy (non-hydrogen) atoms. The Kier molecular flexibility index (Phi) is 5.44. The van der Waals surface area contributed by atoms with Crippen LogP contribution in [0.1, 0.15) is 36.8 Å². The zero-order chi connectivity index (χ0) is 23.3. The van der Waals surface area contributed by atoms with Crippen molar-refractivity contribution >= 4 is 33.3 Å². The van der Waals surface area contributed by atoms with Crippen LogP contribution in [-0.2, 0) is 27.7 Å². The standard InChI is InChI=1S/C24H30N6O3S/c31-23-5-4-18-14-20(15-19-6-9-30(23)24(18)19)34(32,33)29-12-10-28(11-13-29)22-16-21(25-17-26-22)27-7-2-1-3-8-27/h14-17H,1-13H2. The van der Waals surface area contributed by atoms with Gasteiger partial charge in [0.05, 0.1) is 10.6 Å². The van der Waals surface area contributed by atoms with Crippen molar-refractivity contribution in [1.29, 1.82) is 0 Å². The molecule has 9 nitrogen and oxygen atoms in total. The third-order valence-corrected chi connectivity index (χ3v) is 9.42. The van der Waals surface area contributed by atoms with Gasteiger partial charge in [0, 0.05) is 58.3 Å². The fourth-order valence-corrected chi connectivity index (χ4v) is 7.21. The molecule has 0 aliphatic carbocycles. The first kappa shape index (κ1) is 21.8. The zero-order valence-electron chi connectivity index (χ0n) is 19.3. The van der Waals surface area contributed by atoms with Crippen LogP contribution in [0.3, 0.4) is 0 Å². The molecule has 1 aromatic carbocycles. The number of carbonyl (C=O) groups excluding carboxylic acids is 1. The Balaban J connectivity index is 1.18. The van der Waals surface area contributed by atoms with Crippen LogP contribution in [0.5, 0.6) is 0 Å². The number of piperidine rings is 1. The van der Waals surface area contributed by atoms with Crippen LogP contribution in [-0.4, -0.2) is 74.4 Å². The molecule has 180 valence electrons. The first-order valence-corrected chi connectivity index (χ1v) is 13.7. The second-order valence-corrected chi connectivity index (χ2v) is 11.5. The minimum Gasteiger partial charge on any atom is -0.356 e. The summed E-state index contributed by atoms with van der Waals surface area (Å²) in [4.78, 5) is 27.8. The van der Waals surface area contributed by atoms with Gasteiger partial charge in [-0.1, -0.05) is 0 Å². The molecule has 5 heterocycles. The summed E-state index contributed by atoms with van der Waals surface area (Å²) in [6, 6.07) is 5.61. The number of hydrogen-bond donors (Lipinski definition) is 0. The fraction of sp³-hybridized carbons (Fsp3) is 0.542. The van der Waals surface area contributed by atoms with Gasteiger partial charge in [0.1, 0.15) is 18.0 Å². The Morgan fingerprint density at radius 3 is 2.06 bits per heavy atom. The highest BCUT2D eigenvalue weighted by molar-refractivity contribution is 7.89.